The lowest BCUT2D eigenvalue weighted by molar-refractivity contribution is -0.116. The Balaban J connectivity index is 1.90. The maximum absolute atomic E-state index is 12.6. The van der Waals surface area contributed by atoms with Crippen molar-refractivity contribution in [1.29, 1.82) is 0 Å². The fourth-order valence-electron chi connectivity index (χ4n) is 2.32. The molecule has 3 aromatic rings. The molecule has 0 atom stereocenters. The van der Waals surface area contributed by atoms with Crippen molar-refractivity contribution in [3.63, 3.8) is 0 Å². The van der Waals surface area contributed by atoms with Crippen molar-refractivity contribution in [2.75, 3.05) is 5.32 Å². The Morgan fingerprint density at radius 2 is 2.21 bits per heavy atom. The molecule has 2 aromatic heterocycles. The fraction of sp³-hybridized carbons (Fsp3) is 0.188. The predicted octanol–water partition coefficient (Wildman–Crippen LogP) is 3.98. The second-order valence-corrected chi connectivity index (χ2v) is 7.15. The van der Waals surface area contributed by atoms with Crippen LogP contribution in [0.25, 0.3) is 10.2 Å². The van der Waals surface area contributed by atoms with Gasteiger partial charge in [-0.05, 0) is 42.9 Å². The Hall–Kier alpha value is -1.96. The normalized spacial score (nSPS) is 10.9. The number of benzene rings is 1. The number of carbonyl (C=O) groups excluding carboxylic acids is 1. The van der Waals surface area contributed by atoms with Gasteiger partial charge in [-0.1, -0.05) is 24.6 Å². The number of halogens is 1. The van der Waals surface area contributed by atoms with E-state index in [9.17, 15) is 9.59 Å². The van der Waals surface area contributed by atoms with Crippen LogP contribution in [0, 0.1) is 4.77 Å². The summed E-state index contributed by atoms with van der Waals surface area (Å²) in [5, 5.41) is 3.79. The number of hydrogen-bond acceptors (Lipinski definition) is 4. The van der Waals surface area contributed by atoms with Crippen LogP contribution in [0.4, 0.5) is 5.69 Å². The number of anilines is 1. The number of hydrogen-bond donors (Lipinski definition) is 2. The summed E-state index contributed by atoms with van der Waals surface area (Å²) in [5.41, 5.74) is 0.311. The number of fused-ring (bicyclic) bond motifs is 1. The average Bonchev–Trinajstić information content (AvgIpc) is 2.94. The molecule has 8 heteroatoms. The summed E-state index contributed by atoms with van der Waals surface area (Å²) in [6.07, 6.45) is 0.842. The van der Waals surface area contributed by atoms with Gasteiger partial charge in [0.2, 0.25) is 5.91 Å². The summed E-state index contributed by atoms with van der Waals surface area (Å²) >= 11 is 12.6. The zero-order chi connectivity index (χ0) is 17.3. The highest BCUT2D eigenvalue weighted by molar-refractivity contribution is 7.71. The summed E-state index contributed by atoms with van der Waals surface area (Å²) < 4.78 is 1.50. The van der Waals surface area contributed by atoms with Crippen molar-refractivity contribution in [2.24, 2.45) is 0 Å². The molecule has 0 unspecified atom stereocenters. The van der Waals surface area contributed by atoms with Gasteiger partial charge in [0.25, 0.3) is 5.56 Å². The highest BCUT2D eigenvalue weighted by Gasteiger charge is 2.12. The number of aromatic nitrogens is 2. The lowest BCUT2D eigenvalue weighted by atomic mass is 10.3. The summed E-state index contributed by atoms with van der Waals surface area (Å²) in [6.45, 7) is 1.87. The third kappa shape index (κ3) is 3.43. The van der Waals surface area contributed by atoms with Crippen molar-refractivity contribution < 1.29 is 4.79 Å². The Morgan fingerprint density at radius 1 is 1.42 bits per heavy atom. The number of aromatic amines is 1. The zero-order valence-corrected chi connectivity index (χ0v) is 15.1. The molecule has 0 aliphatic heterocycles. The molecule has 1 amide bonds. The third-order valence-electron chi connectivity index (χ3n) is 3.48. The molecule has 0 bridgehead atoms. The van der Waals surface area contributed by atoms with Crippen LogP contribution in [0.2, 0.25) is 5.02 Å². The van der Waals surface area contributed by atoms with E-state index >= 15 is 0 Å². The molecule has 5 nitrogen and oxygen atoms in total. The molecule has 2 N–H and O–H groups in total. The van der Waals surface area contributed by atoms with Crippen molar-refractivity contribution in [3.05, 3.63) is 55.4 Å². The van der Waals surface area contributed by atoms with Crippen LogP contribution in [-0.4, -0.2) is 15.5 Å². The number of nitrogens with one attached hydrogen (secondary N) is 2. The van der Waals surface area contributed by atoms with Gasteiger partial charge in [-0.25, -0.2) is 0 Å². The predicted molar refractivity (Wildman–Crippen MR) is 101 cm³/mol. The minimum Gasteiger partial charge on any atom is -0.324 e. The molecule has 0 aliphatic rings. The van der Waals surface area contributed by atoms with E-state index in [1.165, 1.54) is 15.9 Å². The quantitative estimate of drug-likeness (QED) is 0.674. The van der Waals surface area contributed by atoms with E-state index in [1.54, 1.807) is 24.3 Å². The van der Waals surface area contributed by atoms with Crippen LogP contribution in [0.1, 0.15) is 11.8 Å². The van der Waals surface area contributed by atoms with Crippen molar-refractivity contribution in [2.45, 2.75) is 19.9 Å². The molecule has 24 heavy (non-hydrogen) atoms. The van der Waals surface area contributed by atoms with Gasteiger partial charge >= 0.3 is 0 Å². The van der Waals surface area contributed by atoms with E-state index in [0.29, 0.717) is 16.1 Å². The second-order valence-electron chi connectivity index (χ2n) is 5.19. The summed E-state index contributed by atoms with van der Waals surface area (Å²) in [6, 6.07) is 8.66. The van der Waals surface area contributed by atoms with Crippen LogP contribution in [0.15, 0.2) is 35.1 Å². The molecule has 3 rings (SSSR count). The van der Waals surface area contributed by atoms with E-state index < -0.39 is 0 Å². The number of nitrogens with zero attached hydrogens (tertiary/aromatic N) is 1. The van der Waals surface area contributed by atoms with Crippen LogP contribution < -0.4 is 10.9 Å². The second kappa shape index (κ2) is 6.88. The first-order valence-electron chi connectivity index (χ1n) is 7.29. The van der Waals surface area contributed by atoms with Gasteiger partial charge in [0, 0.05) is 15.6 Å². The van der Waals surface area contributed by atoms with Gasteiger partial charge in [0.1, 0.15) is 11.4 Å². The first kappa shape index (κ1) is 16.9. The van der Waals surface area contributed by atoms with Gasteiger partial charge in [-0.2, -0.15) is 0 Å². The maximum Gasteiger partial charge on any atom is 0.263 e. The first-order chi connectivity index (χ1) is 11.5. The fourth-order valence-corrected chi connectivity index (χ4v) is 3.82. The maximum atomic E-state index is 12.6. The Kier molecular flexibility index (Phi) is 4.84. The molecule has 0 fully saturated rings. The molecular weight excluding hydrogens is 366 g/mol. The summed E-state index contributed by atoms with van der Waals surface area (Å²) in [5.74, 6) is -0.343. The lowest BCUT2D eigenvalue weighted by Gasteiger charge is -2.08. The molecule has 2 heterocycles. The standard InChI is InChI=1S/C16H14ClN3O2S2/c1-2-11-7-12-14(24-11)19-16(23)20(15(12)22)8-13(21)18-10-5-3-4-9(17)6-10/h3-7H,2,8H2,1H3,(H,18,21)(H,19,23). The number of thiophene rings is 1. The molecule has 1 aromatic carbocycles. The molecular formula is C16H14ClN3O2S2. The summed E-state index contributed by atoms with van der Waals surface area (Å²) in [7, 11) is 0. The van der Waals surface area contributed by atoms with Crippen LogP contribution in [0.5, 0.6) is 0 Å². The highest BCUT2D eigenvalue weighted by Crippen LogP contribution is 2.21. The van der Waals surface area contributed by atoms with Crippen LogP contribution in [0.3, 0.4) is 0 Å². The minimum absolute atomic E-state index is 0.159. The van der Waals surface area contributed by atoms with E-state index in [4.69, 9.17) is 23.8 Å². The van der Waals surface area contributed by atoms with Crippen LogP contribution in [-0.2, 0) is 17.8 Å². The van der Waals surface area contributed by atoms with Gasteiger partial charge in [-0.3, -0.25) is 14.2 Å². The van der Waals surface area contributed by atoms with E-state index in [0.717, 1.165) is 16.1 Å². The SMILES string of the molecule is CCc1cc2c(=O)n(CC(=O)Nc3cccc(Cl)c3)c(=S)[nH]c2s1. The highest BCUT2D eigenvalue weighted by atomic mass is 35.5. The van der Waals surface area contributed by atoms with E-state index in [2.05, 4.69) is 10.3 Å². The minimum atomic E-state index is -0.343. The van der Waals surface area contributed by atoms with Crippen molar-refractivity contribution in [1.82, 2.24) is 9.55 Å². The Bertz CT molecular complexity index is 1040. The average molecular weight is 380 g/mol. The molecule has 0 radical (unpaired) electrons. The monoisotopic (exact) mass is 379 g/mol. The zero-order valence-electron chi connectivity index (χ0n) is 12.8. The third-order valence-corrected chi connectivity index (χ3v) is 5.24. The largest absolute Gasteiger partial charge is 0.324 e. The topological polar surface area (TPSA) is 66.9 Å². The molecule has 0 aliphatic carbocycles. The van der Waals surface area contributed by atoms with Crippen molar-refractivity contribution in [3.8, 4) is 0 Å². The lowest BCUT2D eigenvalue weighted by Crippen LogP contribution is -2.28. The molecule has 0 spiro atoms. The number of H-pyrrole nitrogens is 1. The smallest absolute Gasteiger partial charge is 0.263 e. The molecule has 124 valence electrons. The first-order valence-corrected chi connectivity index (χ1v) is 8.89. The van der Waals surface area contributed by atoms with Crippen LogP contribution >= 0.6 is 35.2 Å². The Morgan fingerprint density at radius 3 is 2.92 bits per heavy atom. The number of rotatable bonds is 4. The molecule has 0 saturated heterocycles. The van der Waals surface area contributed by atoms with Crippen molar-refractivity contribution >= 4 is 57.0 Å². The van der Waals surface area contributed by atoms with Gasteiger partial charge in [-0.15, -0.1) is 11.3 Å². The van der Waals surface area contributed by atoms with E-state index in [-0.39, 0.29) is 22.8 Å². The number of amides is 1. The number of carbonyl (C=O) groups is 1. The van der Waals surface area contributed by atoms with Gasteiger partial charge in [0.15, 0.2) is 4.77 Å². The molecule has 0 saturated carbocycles. The van der Waals surface area contributed by atoms with E-state index in [1.807, 2.05) is 13.0 Å². The van der Waals surface area contributed by atoms with Gasteiger partial charge in [0.05, 0.1) is 5.39 Å². The van der Waals surface area contributed by atoms with Gasteiger partial charge < -0.3 is 10.3 Å². The number of aryl methyl sites for hydroxylation is 1. The summed E-state index contributed by atoms with van der Waals surface area (Å²) in [4.78, 5) is 29.7. The Labute approximate surface area is 151 Å².